The molecule has 0 aliphatic rings. The van der Waals surface area contributed by atoms with Gasteiger partial charge in [0.05, 0.1) is 5.75 Å². The molecule has 0 fully saturated rings. The van der Waals surface area contributed by atoms with Crippen LogP contribution in [0.25, 0.3) is 5.57 Å². The lowest BCUT2D eigenvalue weighted by Gasteiger charge is -2.08. The molecule has 0 atom stereocenters. The molecule has 0 radical (unpaired) electrons. The molecule has 0 bridgehead atoms. The van der Waals surface area contributed by atoms with Crippen LogP contribution in [0.4, 0.5) is 4.39 Å². The van der Waals surface area contributed by atoms with Crippen molar-refractivity contribution in [3.63, 3.8) is 0 Å². The molecule has 0 unspecified atom stereocenters. The Morgan fingerprint density at radius 1 is 1.00 bits per heavy atom. The molecule has 2 aromatic rings. The van der Waals surface area contributed by atoms with Crippen LogP contribution < -0.4 is 0 Å². The number of halogens is 1. The van der Waals surface area contributed by atoms with Gasteiger partial charge >= 0.3 is 0 Å². The maximum atomic E-state index is 13.5. The van der Waals surface area contributed by atoms with Crippen LogP contribution in [0.5, 0.6) is 0 Å². The van der Waals surface area contributed by atoms with Crippen LogP contribution in [0.2, 0.25) is 0 Å². The third-order valence-electron chi connectivity index (χ3n) is 2.72. The highest BCUT2D eigenvalue weighted by Crippen LogP contribution is 2.21. The highest BCUT2D eigenvalue weighted by Gasteiger charge is 2.20. The Hall–Kier alpha value is -1.94. The quantitative estimate of drug-likeness (QED) is 0.858. The molecule has 0 heterocycles. The van der Waals surface area contributed by atoms with Gasteiger partial charge in [-0.05, 0) is 23.3 Å². The summed E-state index contributed by atoms with van der Waals surface area (Å²) in [6, 6.07) is 14.4. The van der Waals surface area contributed by atoms with Crippen LogP contribution in [0.15, 0.2) is 66.1 Å². The Labute approximate surface area is 112 Å². The Bertz CT molecular complexity index is 691. The molecular formula is C15H13FO2S. The van der Waals surface area contributed by atoms with E-state index >= 15 is 0 Å². The minimum atomic E-state index is -3.71. The fourth-order valence-corrected chi connectivity index (χ4v) is 3.19. The van der Waals surface area contributed by atoms with Crippen molar-refractivity contribution in [2.45, 2.75) is 4.90 Å². The number of hydrogen-bond donors (Lipinski definition) is 0. The zero-order valence-corrected chi connectivity index (χ0v) is 11.0. The van der Waals surface area contributed by atoms with Gasteiger partial charge in [0.2, 0.25) is 0 Å². The van der Waals surface area contributed by atoms with Crippen molar-refractivity contribution in [1.29, 1.82) is 0 Å². The van der Waals surface area contributed by atoms with E-state index in [1.54, 1.807) is 24.3 Å². The monoisotopic (exact) mass is 276 g/mol. The first-order chi connectivity index (χ1) is 9.00. The van der Waals surface area contributed by atoms with E-state index < -0.39 is 15.7 Å². The SMILES string of the molecule is C=C(CS(=O)(=O)c1ccccc1F)c1ccccc1. The Morgan fingerprint density at radius 2 is 1.58 bits per heavy atom. The van der Waals surface area contributed by atoms with Crippen molar-refractivity contribution in [1.82, 2.24) is 0 Å². The second-order valence-corrected chi connectivity index (χ2v) is 6.12. The van der Waals surface area contributed by atoms with E-state index in [-0.39, 0.29) is 10.6 Å². The molecule has 98 valence electrons. The Kier molecular flexibility index (Phi) is 3.81. The summed E-state index contributed by atoms with van der Waals surface area (Å²) < 4.78 is 37.8. The standard InChI is InChI=1S/C15H13FO2S/c1-12(13-7-3-2-4-8-13)11-19(17,18)15-10-6-5-9-14(15)16/h2-10H,1,11H2. The van der Waals surface area contributed by atoms with Crippen molar-refractivity contribution in [2.24, 2.45) is 0 Å². The van der Waals surface area contributed by atoms with E-state index in [4.69, 9.17) is 0 Å². The number of sulfone groups is 1. The minimum Gasteiger partial charge on any atom is -0.223 e. The third kappa shape index (κ3) is 3.09. The van der Waals surface area contributed by atoms with E-state index in [1.807, 2.05) is 6.07 Å². The van der Waals surface area contributed by atoms with Gasteiger partial charge in [-0.3, -0.25) is 0 Å². The van der Waals surface area contributed by atoms with Gasteiger partial charge in [-0.25, -0.2) is 12.8 Å². The van der Waals surface area contributed by atoms with Crippen molar-refractivity contribution in [2.75, 3.05) is 5.75 Å². The predicted molar refractivity (Wildman–Crippen MR) is 73.9 cm³/mol. The number of rotatable bonds is 4. The minimum absolute atomic E-state index is 0.285. The lowest BCUT2D eigenvalue weighted by molar-refractivity contribution is 0.569. The third-order valence-corrected chi connectivity index (χ3v) is 4.45. The van der Waals surface area contributed by atoms with Gasteiger partial charge in [0.25, 0.3) is 0 Å². The summed E-state index contributed by atoms with van der Waals surface area (Å²) in [5.41, 5.74) is 1.19. The maximum absolute atomic E-state index is 13.5. The molecule has 0 aliphatic heterocycles. The molecule has 19 heavy (non-hydrogen) atoms. The zero-order valence-electron chi connectivity index (χ0n) is 10.2. The molecule has 2 rings (SSSR count). The molecule has 0 saturated carbocycles. The predicted octanol–water partition coefficient (Wildman–Crippen LogP) is 3.31. The molecule has 0 aliphatic carbocycles. The van der Waals surface area contributed by atoms with Crippen molar-refractivity contribution < 1.29 is 12.8 Å². The van der Waals surface area contributed by atoms with Crippen LogP contribution in [-0.2, 0) is 9.84 Å². The molecule has 0 amide bonds. The summed E-state index contributed by atoms with van der Waals surface area (Å²) in [6.45, 7) is 3.76. The molecule has 0 N–H and O–H groups in total. The second-order valence-electron chi connectivity index (χ2n) is 4.16. The Morgan fingerprint density at radius 3 is 2.21 bits per heavy atom. The summed E-state index contributed by atoms with van der Waals surface area (Å²) >= 11 is 0. The maximum Gasteiger partial charge on any atom is 0.185 e. The lowest BCUT2D eigenvalue weighted by atomic mass is 10.1. The first kappa shape index (κ1) is 13.5. The Balaban J connectivity index is 2.29. The first-order valence-corrected chi connectivity index (χ1v) is 7.36. The van der Waals surface area contributed by atoms with Crippen molar-refractivity contribution in [3.05, 3.63) is 72.6 Å². The topological polar surface area (TPSA) is 34.1 Å². The van der Waals surface area contributed by atoms with Gasteiger partial charge < -0.3 is 0 Å². The summed E-state index contributed by atoms with van der Waals surface area (Å²) in [5.74, 6) is -1.03. The van der Waals surface area contributed by atoms with Gasteiger partial charge in [-0.2, -0.15) is 0 Å². The first-order valence-electron chi connectivity index (χ1n) is 5.71. The average molecular weight is 276 g/mol. The van der Waals surface area contributed by atoms with Gasteiger partial charge in [0.1, 0.15) is 10.7 Å². The van der Waals surface area contributed by atoms with E-state index in [1.165, 1.54) is 18.2 Å². The van der Waals surface area contributed by atoms with Crippen molar-refractivity contribution >= 4 is 15.4 Å². The largest absolute Gasteiger partial charge is 0.223 e. The molecule has 4 heteroatoms. The van der Waals surface area contributed by atoms with Crippen molar-refractivity contribution in [3.8, 4) is 0 Å². The van der Waals surface area contributed by atoms with Crippen LogP contribution in [0.3, 0.4) is 0 Å². The summed E-state index contributed by atoms with van der Waals surface area (Å²) in [4.78, 5) is -0.285. The van der Waals surface area contributed by atoms with Crippen LogP contribution in [0.1, 0.15) is 5.56 Å². The summed E-state index contributed by atoms with van der Waals surface area (Å²) in [6.07, 6.45) is 0. The number of hydrogen-bond acceptors (Lipinski definition) is 2. The zero-order chi connectivity index (χ0) is 13.9. The molecular weight excluding hydrogens is 263 g/mol. The number of benzene rings is 2. The van der Waals surface area contributed by atoms with E-state index in [2.05, 4.69) is 6.58 Å². The second kappa shape index (κ2) is 5.36. The smallest absolute Gasteiger partial charge is 0.185 e. The fraction of sp³-hybridized carbons (Fsp3) is 0.0667. The van der Waals surface area contributed by atoms with Gasteiger partial charge in [-0.1, -0.05) is 49.0 Å². The molecule has 2 aromatic carbocycles. The normalized spacial score (nSPS) is 11.2. The van der Waals surface area contributed by atoms with Crippen LogP contribution in [0, 0.1) is 5.82 Å². The highest BCUT2D eigenvalue weighted by atomic mass is 32.2. The summed E-state index contributed by atoms with van der Waals surface area (Å²) in [7, 11) is -3.71. The average Bonchev–Trinajstić information content (AvgIpc) is 2.39. The molecule has 0 spiro atoms. The van der Waals surface area contributed by atoms with E-state index in [0.29, 0.717) is 5.57 Å². The molecule has 0 aromatic heterocycles. The molecule has 0 saturated heterocycles. The van der Waals surface area contributed by atoms with Crippen LogP contribution in [-0.4, -0.2) is 14.2 Å². The lowest BCUT2D eigenvalue weighted by Crippen LogP contribution is -2.10. The van der Waals surface area contributed by atoms with E-state index in [9.17, 15) is 12.8 Å². The van der Waals surface area contributed by atoms with Gasteiger partial charge in [-0.15, -0.1) is 0 Å². The summed E-state index contributed by atoms with van der Waals surface area (Å²) in [5, 5.41) is 0. The fourth-order valence-electron chi connectivity index (χ4n) is 1.76. The van der Waals surface area contributed by atoms with Gasteiger partial charge in [0, 0.05) is 0 Å². The van der Waals surface area contributed by atoms with Crippen LogP contribution >= 0.6 is 0 Å². The molecule has 2 nitrogen and oxygen atoms in total. The van der Waals surface area contributed by atoms with E-state index in [0.717, 1.165) is 11.6 Å². The highest BCUT2D eigenvalue weighted by molar-refractivity contribution is 7.91. The van der Waals surface area contributed by atoms with Gasteiger partial charge in [0.15, 0.2) is 9.84 Å².